The van der Waals surface area contributed by atoms with Crippen LogP contribution in [0.4, 0.5) is 0 Å². The molecule has 2 rings (SSSR count). The minimum atomic E-state index is -0.386. The smallest absolute Gasteiger partial charge is 0.262 e. The van der Waals surface area contributed by atoms with Crippen molar-refractivity contribution in [2.24, 2.45) is 5.92 Å². The number of phenols is 1. The van der Waals surface area contributed by atoms with Gasteiger partial charge in [0.2, 0.25) is 0 Å². The number of nitrogens with one attached hydrogen (secondary N) is 1. The van der Waals surface area contributed by atoms with E-state index in [-0.39, 0.29) is 34.0 Å². The van der Waals surface area contributed by atoms with Gasteiger partial charge in [-0.25, -0.2) is 0 Å². The predicted octanol–water partition coefficient (Wildman–Crippen LogP) is 4.05. The fourth-order valence-electron chi connectivity index (χ4n) is 3.03. The quantitative estimate of drug-likeness (QED) is 0.611. The highest BCUT2D eigenvalue weighted by Gasteiger charge is 2.24. The van der Waals surface area contributed by atoms with Gasteiger partial charge in [-0.2, -0.15) is 5.26 Å². The third-order valence-corrected chi connectivity index (χ3v) is 4.74. The van der Waals surface area contributed by atoms with Crippen molar-refractivity contribution in [1.82, 2.24) is 5.32 Å². The normalized spacial score (nSPS) is 20.6. The summed E-state index contributed by atoms with van der Waals surface area (Å²) in [6.45, 7) is 4.27. The molecular formula is C19H23ClN2O3. The fourth-order valence-corrected chi connectivity index (χ4v) is 3.25. The van der Waals surface area contributed by atoms with Crippen LogP contribution < -0.4 is 10.1 Å². The largest absolute Gasteiger partial charge is 0.503 e. The van der Waals surface area contributed by atoms with Gasteiger partial charge in [0, 0.05) is 6.04 Å². The number of nitrogens with zero attached hydrogens (tertiary/aromatic N) is 1. The van der Waals surface area contributed by atoms with Crippen molar-refractivity contribution < 1.29 is 14.6 Å². The van der Waals surface area contributed by atoms with E-state index in [9.17, 15) is 15.2 Å². The highest BCUT2D eigenvalue weighted by atomic mass is 35.5. The average molecular weight is 363 g/mol. The second-order valence-corrected chi connectivity index (χ2v) is 6.70. The molecule has 2 atom stereocenters. The Balaban J connectivity index is 2.21. The molecule has 6 heteroatoms. The molecule has 0 heterocycles. The first-order valence-electron chi connectivity index (χ1n) is 8.54. The molecule has 0 radical (unpaired) electrons. The van der Waals surface area contributed by atoms with Gasteiger partial charge in [0.1, 0.15) is 11.6 Å². The molecule has 1 aromatic rings. The van der Waals surface area contributed by atoms with Crippen molar-refractivity contribution >= 4 is 23.6 Å². The van der Waals surface area contributed by atoms with Crippen LogP contribution in [0.15, 0.2) is 17.7 Å². The number of rotatable bonds is 5. The molecule has 1 aliphatic rings. The molecule has 0 aromatic heterocycles. The predicted molar refractivity (Wildman–Crippen MR) is 97.4 cm³/mol. The van der Waals surface area contributed by atoms with Crippen LogP contribution in [0.2, 0.25) is 5.02 Å². The molecule has 1 fully saturated rings. The molecular weight excluding hydrogens is 340 g/mol. The number of carbonyl (C=O) groups excluding carboxylic acids is 1. The minimum absolute atomic E-state index is 0.00183. The number of hydrogen-bond donors (Lipinski definition) is 2. The Kier molecular flexibility index (Phi) is 6.72. The Hall–Kier alpha value is -2.19. The monoisotopic (exact) mass is 362 g/mol. The highest BCUT2D eigenvalue weighted by Crippen LogP contribution is 2.35. The number of carbonyl (C=O) groups is 1. The van der Waals surface area contributed by atoms with E-state index >= 15 is 0 Å². The lowest BCUT2D eigenvalue weighted by atomic mass is 9.86. The standard InChI is InChI=1S/C19H23ClN2O3/c1-3-25-17-10-13(9-15(20)18(17)23)8-14(11-21)19(24)22-16-7-5-4-6-12(16)2/h8-10,12,16,23H,3-7H2,1-2H3,(H,22,24)/b14-8+/t12-,16+/m1/s1. The maximum atomic E-state index is 12.4. The van der Waals surface area contributed by atoms with Gasteiger partial charge in [0.15, 0.2) is 11.5 Å². The van der Waals surface area contributed by atoms with E-state index < -0.39 is 0 Å². The molecule has 0 aliphatic heterocycles. The number of halogens is 1. The van der Waals surface area contributed by atoms with Gasteiger partial charge < -0.3 is 15.2 Å². The van der Waals surface area contributed by atoms with Gasteiger partial charge in [-0.15, -0.1) is 0 Å². The average Bonchev–Trinajstić information content (AvgIpc) is 2.59. The van der Waals surface area contributed by atoms with Crippen molar-refractivity contribution in [2.75, 3.05) is 6.61 Å². The van der Waals surface area contributed by atoms with Gasteiger partial charge in [0.25, 0.3) is 5.91 Å². The fraction of sp³-hybridized carbons (Fsp3) is 0.474. The summed E-state index contributed by atoms with van der Waals surface area (Å²) in [6.07, 6.45) is 5.75. The highest BCUT2D eigenvalue weighted by molar-refractivity contribution is 6.32. The van der Waals surface area contributed by atoms with Crippen LogP contribution in [-0.2, 0) is 4.79 Å². The number of hydrogen-bond acceptors (Lipinski definition) is 4. The van der Waals surface area contributed by atoms with Gasteiger partial charge in [-0.05, 0) is 49.5 Å². The van der Waals surface area contributed by atoms with E-state index in [0.29, 0.717) is 18.1 Å². The van der Waals surface area contributed by atoms with E-state index in [0.717, 1.165) is 19.3 Å². The SMILES string of the molecule is CCOc1cc(/C=C(\C#N)C(=O)N[C@H]2CCCC[C@H]2C)cc(Cl)c1O. The molecule has 2 N–H and O–H groups in total. The van der Waals surface area contributed by atoms with E-state index in [4.69, 9.17) is 16.3 Å². The summed E-state index contributed by atoms with van der Waals surface area (Å²) in [5.41, 5.74) is 0.525. The van der Waals surface area contributed by atoms with Crippen LogP contribution in [0.3, 0.4) is 0 Å². The number of amides is 1. The van der Waals surface area contributed by atoms with Crippen molar-refractivity contribution in [1.29, 1.82) is 5.26 Å². The van der Waals surface area contributed by atoms with Crippen LogP contribution in [0, 0.1) is 17.2 Å². The summed E-state index contributed by atoms with van der Waals surface area (Å²) in [6, 6.07) is 5.09. The first-order chi connectivity index (χ1) is 12.0. The van der Waals surface area contributed by atoms with Gasteiger partial charge in [-0.1, -0.05) is 31.4 Å². The Labute approximate surface area is 153 Å². The topological polar surface area (TPSA) is 82.3 Å². The van der Waals surface area contributed by atoms with Crippen LogP contribution in [0.5, 0.6) is 11.5 Å². The number of aromatic hydroxyl groups is 1. The molecule has 25 heavy (non-hydrogen) atoms. The maximum absolute atomic E-state index is 12.4. The van der Waals surface area contributed by atoms with Gasteiger partial charge >= 0.3 is 0 Å². The molecule has 0 unspecified atom stereocenters. The zero-order valence-electron chi connectivity index (χ0n) is 14.5. The Morgan fingerprint density at radius 1 is 1.48 bits per heavy atom. The van der Waals surface area contributed by atoms with Crippen LogP contribution in [-0.4, -0.2) is 23.7 Å². The van der Waals surface area contributed by atoms with E-state index in [2.05, 4.69) is 12.2 Å². The Morgan fingerprint density at radius 2 is 2.20 bits per heavy atom. The summed E-state index contributed by atoms with van der Waals surface area (Å²) in [4.78, 5) is 12.4. The van der Waals surface area contributed by atoms with Gasteiger partial charge in [-0.3, -0.25) is 4.79 Å². The first-order valence-corrected chi connectivity index (χ1v) is 8.92. The molecule has 0 bridgehead atoms. The lowest BCUT2D eigenvalue weighted by Crippen LogP contribution is -2.41. The zero-order chi connectivity index (χ0) is 18.4. The van der Waals surface area contributed by atoms with E-state index in [1.54, 1.807) is 13.0 Å². The van der Waals surface area contributed by atoms with Crippen LogP contribution in [0.1, 0.15) is 45.1 Å². The summed E-state index contributed by atoms with van der Waals surface area (Å²) in [5.74, 6) is 0.0910. The first kappa shape index (κ1) is 19.1. The second kappa shape index (κ2) is 8.77. The summed E-state index contributed by atoms with van der Waals surface area (Å²) < 4.78 is 5.32. The molecule has 1 amide bonds. The number of nitriles is 1. The molecule has 1 aliphatic carbocycles. The van der Waals surface area contributed by atoms with E-state index in [1.165, 1.54) is 18.6 Å². The Morgan fingerprint density at radius 3 is 2.84 bits per heavy atom. The third-order valence-electron chi connectivity index (χ3n) is 4.45. The molecule has 1 saturated carbocycles. The summed E-state index contributed by atoms with van der Waals surface area (Å²) in [7, 11) is 0. The van der Waals surface area contributed by atoms with Gasteiger partial charge in [0.05, 0.1) is 11.6 Å². The van der Waals surface area contributed by atoms with Crippen LogP contribution >= 0.6 is 11.6 Å². The van der Waals surface area contributed by atoms with Crippen molar-refractivity contribution in [2.45, 2.75) is 45.6 Å². The molecule has 0 saturated heterocycles. The molecule has 134 valence electrons. The summed E-state index contributed by atoms with van der Waals surface area (Å²) >= 11 is 5.99. The van der Waals surface area contributed by atoms with E-state index in [1.807, 2.05) is 6.07 Å². The lowest BCUT2D eigenvalue weighted by molar-refractivity contribution is -0.118. The van der Waals surface area contributed by atoms with Crippen LogP contribution in [0.25, 0.3) is 6.08 Å². The molecule has 0 spiro atoms. The van der Waals surface area contributed by atoms with Crippen molar-refractivity contribution in [3.05, 3.63) is 28.3 Å². The number of ether oxygens (including phenoxy) is 1. The molecule has 1 aromatic carbocycles. The number of benzene rings is 1. The Bertz CT molecular complexity index is 709. The van der Waals surface area contributed by atoms with Crippen molar-refractivity contribution in [3.8, 4) is 17.6 Å². The number of phenolic OH excluding ortho intramolecular Hbond substituents is 1. The summed E-state index contributed by atoms with van der Waals surface area (Å²) in [5, 5.41) is 22.3. The maximum Gasteiger partial charge on any atom is 0.262 e. The third kappa shape index (κ3) is 4.90. The zero-order valence-corrected chi connectivity index (χ0v) is 15.3. The molecule has 5 nitrogen and oxygen atoms in total. The minimum Gasteiger partial charge on any atom is -0.503 e. The lowest BCUT2D eigenvalue weighted by Gasteiger charge is -2.29. The van der Waals surface area contributed by atoms with Crippen molar-refractivity contribution in [3.63, 3.8) is 0 Å². The second-order valence-electron chi connectivity index (χ2n) is 6.29.